The number of nitrogens with one attached hydrogen (secondary N) is 1. The molecular formula is C14H15F2NO. The molecule has 0 aliphatic carbocycles. The lowest BCUT2D eigenvalue weighted by Crippen LogP contribution is -2.34. The van der Waals surface area contributed by atoms with E-state index in [0.717, 1.165) is 18.6 Å². The Morgan fingerprint density at radius 1 is 1.50 bits per heavy atom. The molecule has 1 amide bonds. The predicted octanol–water partition coefficient (Wildman–Crippen LogP) is 2.43. The third-order valence-electron chi connectivity index (χ3n) is 2.48. The largest absolute Gasteiger partial charge is 0.342 e. The summed E-state index contributed by atoms with van der Waals surface area (Å²) in [4.78, 5) is 11.6. The van der Waals surface area contributed by atoms with Crippen LogP contribution >= 0.6 is 0 Å². The van der Waals surface area contributed by atoms with Gasteiger partial charge >= 0.3 is 0 Å². The molecule has 0 heterocycles. The predicted molar refractivity (Wildman–Crippen MR) is 65.7 cm³/mol. The van der Waals surface area contributed by atoms with Crippen LogP contribution in [0.2, 0.25) is 0 Å². The average molecular weight is 251 g/mol. The van der Waals surface area contributed by atoms with Gasteiger partial charge in [-0.15, -0.1) is 6.42 Å². The summed E-state index contributed by atoms with van der Waals surface area (Å²) in [6.45, 7) is 1.95. The van der Waals surface area contributed by atoms with E-state index in [4.69, 9.17) is 6.42 Å². The van der Waals surface area contributed by atoms with Gasteiger partial charge in [0.25, 0.3) is 0 Å². The molecule has 0 saturated heterocycles. The molecule has 0 saturated carbocycles. The molecule has 1 rings (SSSR count). The van der Waals surface area contributed by atoms with E-state index in [9.17, 15) is 13.6 Å². The molecule has 2 nitrogen and oxygen atoms in total. The van der Waals surface area contributed by atoms with Gasteiger partial charge in [-0.05, 0) is 18.1 Å². The Morgan fingerprint density at radius 3 is 2.78 bits per heavy atom. The maximum Gasteiger partial charge on any atom is 0.225 e. The topological polar surface area (TPSA) is 29.1 Å². The number of rotatable bonds is 5. The van der Waals surface area contributed by atoms with Crippen LogP contribution in [0.25, 0.3) is 0 Å². The van der Waals surface area contributed by atoms with E-state index >= 15 is 0 Å². The molecule has 1 aromatic rings. The van der Waals surface area contributed by atoms with E-state index in [0.29, 0.717) is 6.42 Å². The highest BCUT2D eigenvalue weighted by atomic mass is 19.1. The van der Waals surface area contributed by atoms with Crippen LogP contribution in [0.1, 0.15) is 25.3 Å². The Labute approximate surface area is 105 Å². The minimum atomic E-state index is -0.724. The zero-order valence-electron chi connectivity index (χ0n) is 10.2. The van der Waals surface area contributed by atoms with Crippen molar-refractivity contribution in [3.05, 3.63) is 35.4 Å². The fraction of sp³-hybridized carbons (Fsp3) is 0.357. The maximum absolute atomic E-state index is 13.3. The molecule has 1 N–H and O–H groups in total. The number of carbonyl (C=O) groups is 1. The molecule has 0 aliphatic rings. The van der Waals surface area contributed by atoms with Crippen molar-refractivity contribution in [1.29, 1.82) is 0 Å². The first-order chi connectivity index (χ1) is 8.56. The molecular weight excluding hydrogens is 236 g/mol. The lowest BCUT2D eigenvalue weighted by molar-refractivity contribution is -0.120. The lowest BCUT2D eigenvalue weighted by Gasteiger charge is -2.12. The van der Waals surface area contributed by atoms with Gasteiger partial charge in [0, 0.05) is 6.07 Å². The standard InChI is InChI=1S/C14H15F2NO/c1-3-5-12(4-2)17-14(18)8-10-6-7-11(15)9-13(10)16/h2,6-7,9,12H,3,5,8H2,1H3,(H,17,18). The number of hydrogen-bond acceptors (Lipinski definition) is 1. The smallest absolute Gasteiger partial charge is 0.225 e. The van der Waals surface area contributed by atoms with Gasteiger partial charge in [-0.25, -0.2) is 8.78 Å². The van der Waals surface area contributed by atoms with Crippen LogP contribution < -0.4 is 5.32 Å². The molecule has 1 aromatic carbocycles. The third-order valence-corrected chi connectivity index (χ3v) is 2.48. The van der Waals surface area contributed by atoms with Crippen molar-refractivity contribution in [2.45, 2.75) is 32.2 Å². The molecule has 0 bridgehead atoms. The van der Waals surface area contributed by atoms with Crippen molar-refractivity contribution in [2.24, 2.45) is 0 Å². The zero-order valence-corrected chi connectivity index (χ0v) is 10.2. The van der Waals surface area contributed by atoms with Gasteiger partial charge in [-0.2, -0.15) is 0 Å². The van der Waals surface area contributed by atoms with E-state index in [1.54, 1.807) is 0 Å². The van der Waals surface area contributed by atoms with E-state index in [-0.39, 0.29) is 23.9 Å². The first kappa shape index (κ1) is 14.2. The molecule has 96 valence electrons. The summed E-state index contributed by atoms with van der Waals surface area (Å²) in [5, 5.41) is 2.62. The van der Waals surface area contributed by atoms with Crippen molar-refractivity contribution in [1.82, 2.24) is 5.32 Å². The van der Waals surface area contributed by atoms with Gasteiger partial charge in [-0.3, -0.25) is 4.79 Å². The maximum atomic E-state index is 13.3. The summed E-state index contributed by atoms with van der Waals surface area (Å²) >= 11 is 0. The Balaban J connectivity index is 2.62. The highest BCUT2D eigenvalue weighted by Gasteiger charge is 2.12. The van der Waals surface area contributed by atoms with Crippen molar-refractivity contribution in [2.75, 3.05) is 0 Å². The number of carbonyl (C=O) groups excluding carboxylic acids is 1. The van der Waals surface area contributed by atoms with E-state index in [1.165, 1.54) is 6.07 Å². The molecule has 0 spiro atoms. The normalized spacial score (nSPS) is 11.7. The van der Waals surface area contributed by atoms with Crippen molar-refractivity contribution in [3.8, 4) is 12.3 Å². The molecule has 1 atom stereocenters. The first-order valence-electron chi connectivity index (χ1n) is 5.76. The molecule has 0 aromatic heterocycles. The average Bonchev–Trinajstić information content (AvgIpc) is 2.32. The molecule has 1 unspecified atom stereocenters. The number of amides is 1. The van der Waals surface area contributed by atoms with Crippen LogP contribution in [-0.2, 0) is 11.2 Å². The van der Waals surface area contributed by atoms with Crippen molar-refractivity contribution in [3.63, 3.8) is 0 Å². The lowest BCUT2D eigenvalue weighted by atomic mass is 10.1. The minimum Gasteiger partial charge on any atom is -0.342 e. The van der Waals surface area contributed by atoms with E-state index in [2.05, 4.69) is 11.2 Å². The summed E-state index contributed by atoms with van der Waals surface area (Å²) in [7, 11) is 0. The highest BCUT2D eigenvalue weighted by molar-refractivity contribution is 5.79. The van der Waals surface area contributed by atoms with Crippen LogP contribution in [0.4, 0.5) is 8.78 Å². The number of halogens is 2. The Morgan fingerprint density at radius 2 is 2.22 bits per heavy atom. The molecule has 0 aliphatic heterocycles. The summed E-state index contributed by atoms with van der Waals surface area (Å²) in [5.41, 5.74) is 0.154. The Kier molecular flexibility index (Phi) is 5.31. The van der Waals surface area contributed by atoms with Crippen molar-refractivity contribution < 1.29 is 13.6 Å². The van der Waals surface area contributed by atoms with Gasteiger partial charge in [0.1, 0.15) is 11.6 Å². The third kappa shape index (κ3) is 4.17. The van der Waals surface area contributed by atoms with Gasteiger partial charge in [0.05, 0.1) is 12.5 Å². The fourth-order valence-electron chi connectivity index (χ4n) is 1.57. The van der Waals surface area contributed by atoms with Gasteiger partial charge in [0.15, 0.2) is 0 Å². The molecule has 4 heteroatoms. The second-order valence-corrected chi connectivity index (χ2v) is 3.99. The second-order valence-electron chi connectivity index (χ2n) is 3.99. The van der Waals surface area contributed by atoms with Gasteiger partial charge in [0.2, 0.25) is 5.91 Å². The highest BCUT2D eigenvalue weighted by Crippen LogP contribution is 2.10. The molecule has 18 heavy (non-hydrogen) atoms. The van der Waals surface area contributed by atoms with Crippen LogP contribution in [0.15, 0.2) is 18.2 Å². The van der Waals surface area contributed by atoms with Crippen LogP contribution in [0, 0.1) is 24.0 Å². The van der Waals surface area contributed by atoms with Crippen molar-refractivity contribution >= 4 is 5.91 Å². The quantitative estimate of drug-likeness (QED) is 0.800. The van der Waals surface area contributed by atoms with Gasteiger partial charge < -0.3 is 5.32 Å². The first-order valence-corrected chi connectivity index (χ1v) is 5.76. The zero-order chi connectivity index (χ0) is 13.5. The van der Waals surface area contributed by atoms with Crippen LogP contribution in [-0.4, -0.2) is 11.9 Å². The van der Waals surface area contributed by atoms with E-state index < -0.39 is 11.6 Å². The Hall–Kier alpha value is -1.89. The molecule has 0 radical (unpaired) electrons. The van der Waals surface area contributed by atoms with E-state index in [1.807, 2.05) is 6.92 Å². The Bertz CT molecular complexity index is 465. The minimum absolute atomic E-state index is 0.145. The van der Waals surface area contributed by atoms with Crippen LogP contribution in [0.3, 0.4) is 0 Å². The summed E-state index contributed by atoms with van der Waals surface area (Å²) in [6.07, 6.45) is 6.64. The number of terminal acetylenes is 1. The summed E-state index contributed by atoms with van der Waals surface area (Å²) in [5.74, 6) is 0.707. The van der Waals surface area contributed by atoms with Crippen LogP contribution in [0.5, 0.6) is 0 Å². The number of hydrogen-bond donors (Lipinski definition) is 1. The number of benzene rings is 1. The summed E-state index contributed by atoms with van der Waals surface area (Å²) < 4.78 is 26.0. The fourth-order valence-corrected chi connectivity index (χ4v) is 1.57. The molecule has 0 fully saturated rings. The SMILES string of the molecule is C#CC(CCC)NC(=O)Cc1ccc(F)cc1F. The van der Waals surface area contributed by atoms with Gasteiger partial charge in [-0.1, -0.05) is 25.3 Å². The monoisotopic (exact) mass is 251 g/mol. The summed E-state index contributed by atoms with van der Waals surface area (Å²) in [6, 6.07) is 2.80. The second kappa shape index (κ2) is 6.75.